The first kappa shape index (κ1) is 18.7. The van der Waals surface area contributed by atoms with E-state index < -0.39 is 0 Å². The highest BCUT2D eigenvalue weighted by molar-refractivity contribution is 5.99. The Morgan fingerprint density at radius 3 is 2.62 bits per heavy atom. The van der Waals surface area contributed by atoms with E-state index in [1.165, 1.54) is 6.42 Å². The van der Waals surface area contributed by atoms with Crippen LogP contribution in [-0.4, -0.2) is 49.2 Å². The van der Waals surface area contributed by atoms with Crippen LogP contribution in [-0.2, 0) is 4.74 Å². The molecule has 0 radical (unpaired) electrons. The Morgan fingerprint density at radius 1 is 1.15 bits per heavy atom. The lowest BCUT2D eigenvalue weighted by molar-refractivity contribution is 0.0302. The maximum Gasteiger partial charge on any atom is 0.319 e. The molecule has 2 atom stereocenters. The lowest BCUT2D eigenvalue weighted by Crippen LogP contribution is -2.43. The molecule has 0 spiro atoms. The summed E-state index contributed by atoms with van der Waals surface area (Å²) in [6, 6.07) is 5.51. The molecule has 2 fully saturated rings. The van der Waals surface area contributed by atoms with Gasteiger partial charge in [-0.05, 0) is 43.4 Å². The van der Waals surface area contributed by atoms with Gasteiger partial charge in [-0.25, -0.2) is 4.79 Å². The quantitative estimate of drug-likeness (QED) is 0.871. The standard InChI is InChI=1S/C20H29N3O3/c1-14-6-3-4-8-17(14)21-20(25)22-18-9-5-7-16(15(18)2)19(24)23-10-12-26-13-11-23/h5,7,9,14,17H,3-4,6,8,10-13H2,1-2H3,(H2,21,22,25). The van der Waals surface area contributed by atoms with Crippen molar-refractivity contribution in [3.05, 3.63) is 29.3 Å². The number of urea groups is 1. The summed E-state index contributed by atoms with van der Waals surface area (Å²) in [5.74, 6) is 0.501. The SMILES string of the molecule is Cc1c(NC(=O)NC2CCCCC2C)cccc1C(=O)N1CCOCC1. The van der Waals surface area contributed by atoms with Crippen LogP contribution in [0.15, 0.2) is 18.2 Å². The van der Waals surface area contributed by atoms with E-state index in [1.807, 2.05) is 25.1 Å². The molecule has 26 heavy (non-hydrogen) atoms. The minimum absolute atomic E-state index is 0.00393. The highest BCUT2D eigenvalue weighted by atomic mass is 16.5. The molecule has 3 rings (SSSR count). The van der Waals surface area contributed by atoms with Gasteiger partial charge in [-0.15, -0.1) is 0 Å². The molecule has 1 aliphatic heterocycles. The topological polar surface area (TPSA) is 70.7 Å². The number of nitrogens with zero attached hydrogens (tertiary/aromatic N) is 1. The van der Waals surface area contributed by atoms with E-state index in [4.69, 9.17) is 4.74 Å². The predicted molar refractivity (Wildman–Crippen MR) is 101 cm³/mol. The third kappa shape index (κ3) is 4.36. The molecule has 3 amide bonds. The lowest BCUT2D eigenvalue weighted by Gasteiger charge is -2.29. The summed E-state index contributed by atoms with van der Waals surface area (Å²) < 4.78 is 5.31. The van der Waals surface area contributed by atoms with Crippen molar-refractivity contribution in [2.45, 2.75) is 45.6 Å². The van der Waals surface area contributed by atoms with Crippen LogP contribution in [0.3, 0.4) is 0 Å². The monoisotopic (exact) mass is 359 g/mol. The second-order valence-corrected chi connectivity index (χ2v) is 7.35. The first-order chi connectivity index (χ1) is 12.6. The smallest absolute Gasteiger partial charge is 0.319 e. The van der Waals surface area contributed by atoms with Crippen molar-refractivity contribution in [3.8, 4) is 0 Å². The second-order valence-electron chi connectivity index (χ2n) is 7.35. The maximum atomic E-state index is 12.8. The first-order valence-corrected chi connectivity index (χ1v) is 9.60. The highest BCUT2D eigenvalue weighted by Gasteiger charge is 2.24. The Morgan fingerprint density at radius 2 is 1.88 bits per heavy atom. The van der Waals surface area contributed by atoms with E-state index in [2.05, 4.69) is 17.6 Å². The van der Waals surface area contributed by atoms with Gasteiger partial charge in [0.2, 0.25) is 0 Å². The van der Waals surface area contributed by atoms with Crippen LogP contribution in [0.4, 0.5) is 10.5 Å². The summed E-state index contributed by atoms with van der Waals surface area (Å²) in [5, 5.41) is 6.03. The molecular weight excluding hydrogens is 330 g/mol. The molecule has 1 heterocycles. The number of carbonyl (C=O) groups is 2. The molecule has 1 aromatic rings. The Kier molecular flexibility index (Phi) is 6.14. The number of hydrogen-bond donors (Lipinski definition) is 2. The number of morpholine rings is 1. The zero-order valence-electron chi connectivity index (χ0n) is 15.7. The van der Waals surface area contributed by atoms with Crippen molar-refractivity contribution < 1.29 is 14.3 Å². The van der Waals surface area contributed by atoms with Crippen molar-refractivity contribution in [2.24, 2.45) is 5.92 Å². The van der Waals surface area contributed by atoms with E-state index in [1.54, 1.807) is 4.90 Å². The molecule has 6 nitrogen and oxygen atoms in total. The number of ether oxygens (including phenoxy) is 1. The second kappa shape index (κ2) is 8.54. The molecule has 1 aromatic carbocycles. The first-order valence-electron chi connectivity index (χ1n) is 9.60. The maximum absolute atomic E-state index is 12.8. The van der Waals surface area contributed by atoms with Crippen molar-refractivity contribution >= 4 is 17.6 Å². The average molecular weight is 359 g/mol. The number of nitrogens with one attached hydrogen (secondary N) is 2. The zero-order chi connectivity index (χ0) is 18.5. The van der Waals surface area contributed by atoms with Gasteiger partial charge in [-0.2, -0.15) is 0 Å². The molecular formula is C20H29N3O3. The van der Waals surface area contributed by atoms with Crippen LogP contribution in [0, 0.1) is 12.8 Å². The Balaban J connectivity index is 1.66. The predicted octanol–water partition coefficient (Wildman–Crippen LogP) is 3.17. The van der Waals surface area contributed by atoms with E-state index in [0.717, 1.165) is 24.8 Å². The Hall–Kier alpha value is -2.08. The molecule has 6 heteroatoms. The van der Waals surface area contributed by atoms with Crippen LogP contribution in [0.1, 0.15) is 48.5 Å². The molecule has 2 N–H and O–H groups in total. The van der Waals surface area contributed by atoms with Gasteiger partial charge < -0.3 is 20.3 Å². The summed E-state index contributed by atoms with van der Waals surface area (Å²) in [6.45, 7) is 6.44. The summed E-state index contributed by atoms with van der Waals surface area (Å²) >= 11 is 0. The number of hydrogen-bond acceptors (Lipinski definition) is 3. The number of amides is 3. The number of carbonyl (C=O) groups excluding carboxylic acids is 2. The Bertz CT molecular complexity index is 656. The van der Waals surface area contributed by atoms with E-state index in [9.17, 15) is 9.59 Å². The fourth-order valence-corrected chi connectivity index (χ4v) is 3.80. The molecule has 0 aromatic heterocycles. The van der Waals surface area contributed by atoms with Gasteiger partial charge in [0, 0.05) is 30.4 Å². The van der Waals surface area contributed by atoms with Crippen LogP contribution >= 0.6 is 0 Å². The van der Waals surface area contributed by atoms with Crippen molar-refractivity contribution in [2.75, 3.05) is 31.6 Å². The molecule has 0 bridgehead atoms. The molecule has 1 saturated heterocycles. The summed E-state index contributed by atoms with van der Waals surface area (Å²) in [5.41, 5.74) is 2.12. The normalized spacial score (nSPS) is 23.4. The van der Waals surface area contributed by atoms with Crippen molar-refractivity contribution in [1.29, 1.82) is 0 Å². The Labute approximate surface area is 155 Å². The summed E-state index contributed by atoms with van der Waals surface area (Å²) in [4.78, 5) is 27.0. The van der Waals surface area contributed by atoms with Crippen LogP contribution in [0.5, 0.6) is 0 Å². The zero-order valence-corrected chi connectivity index (χ0v) is 15.7. The molecule has 142 valence electrons. The lowest BCUT2D eigenvalue weighted by atomic mass is 9.86. The number of anilines is 1. The summed E-state index contributed by atoms with van der Waals surface area (Å²) in [6.07, 6.45) is 4.60. The highest BCUT2D eigenvalue weighted by Crippen LogP contribution is 2.24. The van der Waals surface area contributed by atoms with Crippen LogP contribution in [0.25, 0.3) is 0 Å². The van der Waals surface area contributed by atoms with Gasteiger partial charge in [0.05, 0.1) is 13.2 Å². The molecule has 2 aliphatic rings. The molecule has 1 aliphatic carbocycles. The summed E-state index contributed by atoms with van der Waals surface area (Å²) in [7, 11) is 0. The van der Waals surface area contributed by atoms with Gasteiger partial charge in [0.25, 0.3) is 5.91 Å². The van der Waals surface area contributed by atoms with Crippen LogP contribution < -0.4 is 10.6 Å². The fourth-order valence-electron chi connectivity index (χ4n) is 3.80. The van der Waals surface area contributed by atoms with Gasteiger partial charge in [-0.1, -0.05) is 25.8 Å². The third-order valence-corrected chi connectivity index (χ3v) is 5.54. The molecule has 1 saturated carbocycles. The van der Waals surface area contributed by atoms with Gasteiger partial charge in [0.1, 0.15) is 0 Å². The molecule has 2 unspecified atom stereocenters. The average Bonchev–Trinajstić information content (AvgIpc) is 2.65. The largest absolute Gasteiger partial charge is 0.378 e. The van der Waals surface area contributed by atoms with Crippen LogP contribution in [0.2, 0.25) is 0 Å². The fraction of sp³-hybridized carbons (Fsp3) is 0.600. The minimum atomic E-state index is -0.192. The van der Waals surface area contributed by atoms with Crippen molar-refractivity contribution in [3.63, 3.8) is 0 Å². The van der Waals surface area contributed by atoms with Crippen molar-refractivity contribution in [1.82, 2.24) is 10.2 Å². The van der Waals surface area contributed by atoms with Gasteiger partial charge >= 0.3 is 6.03 Å². The number of rotatable bonds is 3. The minimum Gasteiger partial charge on any atom is -0.378 e. The van der Waals surface area contributed by atoms with Gasteiger partial charge in [-0.3, -0.25) is 4.79 Å². The van der Waals surface area contributed by atoms with E-state index >= 15 is 0 Å². The van der Waals surface area contributed by atoms with E-state index in [0.29, 0.717) is 43.5 Å². The van der Waals surface area contributed by atoms with E-state index in [-0.39, 0.29) is 18.0 Å². The van der Waals surface area contributed by atoms with Gasteiger partial charge in [0.15, 0.2) is 0 Å². The number of benzene rings is 1. The third-order valence-electron chi connectivity index (χ3n) is 5.54.